The number of Topliss-reactive ketones (excluding diaryl/α,β-unsaturated/α-hetero) is 1. The normalized spacial score (nSPS) is 35.6. The second-order valence-corrected chi connectivity index (χ2v) is 10.2. The van der Waals surface area contributed by atoms with Crippen LogP contribution in [0.1, 0.15) is 81.5 Å². The number of carbonyl (C=O) groups is 2. The van der Waals surface area contributed by atoms with Gasteiger partial charge in [0.15, 0.2) is 29.8 Å². The van der Waals surface area contributed by atoms with Gasteiger partial charge in [-0.3, -0.25) is 4.79 Å². The van der Waals surface area contributed by atoms with Crippen LogP contribution in [0.25, 0.3) is 0 Å². The number of hydrogen-bond donors (Lipinski definition) is 0. The summed E-state index contributed by atoms with van der Waals surface area (Å²) in [5.41, 5.74) is 0.553. The molecular weight excluding hydrogens is 440 g/mol. The molecule has 1 unspecified atom stereocenters. The minimum absolute atomic E-state index is 0.0494. The Morgan fingerprint density at radius 3 is 1.94 bits per heavy atom. The standard InChI is InChI=1S/C26H32O8/c1-16(27)17-8-10-18(11-9-17)29-23(28)21-19-20(32-25(31-19)12-4-2-5-13-25)22-24(30-21)34-26(33-22)14-6-3-7-15-26/h8-11,19-22,24H,2-7,12-15H2,1H3/t19-,20+,21?,22-,24-/m1/s1. The molecule has 0 amide bonds. The second-order valence-electron chi connectivity index (χ2n) is 10.2. The highest BCUT2D eigenvalue weighted by Gasteiger charge is 2.65. The van der Waals surface area contributed by atoms with Gasteiger partial charge in [-0.05, 0) is 56.9 Å². The Hall–Kier alpha value is -1.84. The first kappa shape index (κ1) is 22.6. The molecule has 8 nitrogen and oxygen atoms in total. The molecule has 5 fully saturated rings. The van der Waals surface area contributed by atoms with Gasteiger partial charge in [-0.15, -0.1) is 0 Å². The van der Waals surface area contributed by atoms with Gasteiger partial charge in [-0.1, -0.05) is 12.8 Å². The molecule has 3 aliphatic heterocycles. The molecule has 0 aromatic heterocycles. The van der Waals surface area contributed by atoms with Crippen LogP contribution in [0.5, 0.6) is 5.75 Å². The van der Waals surface area contributed by atoms with Crippen molar-refractivity contribution in [1.82, 2.24) is 0 Å². The summed E-state index contributed by atoms with van der Waals surface area (Å²) in [6.45, 7) is 1.49. The van der Waals surface area contributed by atoms with Crippen molar-refractivity contribution < 1.29 is 38.0 Å². The van der Waals surface area contributed by atoms with Crippen molar-refractivity contribution >= 4 is 11.8 Å². The predicted molar refractivity (Wildman–Crippen MR) is 118 cm³/mol. The van der Waals surface area contributed by atoms with Gasteiger partial charge in [0.1, 0.15) is 24.1 Å². The summed E-state index contributed by atoms with van der Waals surface area (Å²) >= 11 is 0. The SMILES string of the molecule is CC(=O)c1ccc(OC(=O)C2O[C@@H]3OC4(CCCCC4)O[C@@H]3[C@H]3OC4(CCCCC4)O[C@@H]23)cc1. The van der Waals surface area contributed by atoms with Crippen molar-refractivity contribution in [2.75, 3.05) is 0 Å². The molecule has 0 radical (unpaired) electrons. The van der Waals surface area contributed by atoms with E-state index in [9.17, 15) is 9.59 Å². The van der Waals surface area contributed by atoms with Crippen molar-refractivity contribution in [3.8, 4) is 5.75 Å². The summed E-state index contributed by atoms with van der Waals surface area (Å²) in [5, 5.41) is 0. The Kier molecular flexibility index (Phi) is 5.77. The smallest absolute Gasteiger partial charge is 0.343 e. The highest BCUT2D eigenvalue weighted by Crippen LogP contribution is 2.51. The number of ether oxygens (including phenoxy) is 6. The van der Waals surface area contributed by atoms with Gasteiger partial charge in [-0.2, -0.15) is 0 Å². The second kappa shape index (κ2) is 8.68. The third-order valence-corrected chi connectivity index (χ3v) is 7.82. The fraction of sp³-hybridized carbons (Fsp3) is 0.692. The summed E-state index contributed by atoms with van der Waals surface area (Å²) < 4.78 is 37.7. The van der Waals surface area contributed by atoms with Crippen molar-refractivity contribution in [3.05, 3.63) is 29.8 Å². The molecule has 3 heterocycles. The zero-order valence-corrected chi connectivity index (χ0v) is 19.5. The molecule has 2 saturated carbocycles. The highest BCUT2D eigenvalue weighted by molar-refractivity contribution is 5.94. The van der Waals surface area contributed by atoms with Gasteiger partial charge >= 0.3 is 5.97 Å². The highest BCUT2D eigenvalue weighted by atomic mass is 16.9. The molecule has 2 aliphatic carbocycles. The van der Waals surface area contributed by atoms with Crippen LogP contribution >= 0.6 is 0 Å². The molecule has 3 saturated heterocycles. The molecular formula is C26H32O8. The van der Waals surface area contributed by atoms with Crippen LogP contribution < -0.4 is 4.74 Å². The van der Waals surface area contributed by atoms with Gasteiger partial charge in [-0.25, -0.2) is 4.79 Å². The molecule has 5 atom stereocenters. The van der Waals surface area contributed by atoms with E-state index in [-0.39, 0.29) is 5.78 Å². The Labute approximate surface area is 199 Å². The summed E-state index contributed by atoms with van der Waals surface area (Å²) in [6, 6.07) is 6.49. The number of rotatable bonds is 3. The molecule has 5 aliphatic rings. The zero-order valence-electron chi connectivity index (χ0n) is 19.5. The minimum Gasteiger partial charge on any atom is -0.425 e. The monoisotopic (exact) mass is 472 g/mol. The number of fused-ring (bicyclic) bond motifs is 3. The zero-order chi connectivity index (χ0) is 23.3. The number of esters is 1. The first-order chi connectivity index (χ1) is 16.5. The fourth-order valence-corrected chi connectivity index (χ4v) is 6.08. The van der Waals surface area contributed by atoms with E-state index in [0.29, 0.717) is 11.3 Å². The van der Waals surface area contributed by atoms with Crippen LogP contribution in [0.3, 0.4) is 0 Å². The van der Waals surface area contributed by atoms with Crippen LogP contribution in [0, 0.1) is 0 Å². The van der Waals surface area contributed by atoms with E-state index in [4.69, 9.17) is 28.4 Å². The lowest BCUT2D eigenvalue weighted by Crippen LogP contribution is -2.58. The number of ketones is 1. The van der Waals surface area contributed by atoms with Crippen LogP contribution in [-0.4, -0.2) is 54.0 Å². The molecule has 0 bridgehead atoms. The average molecular weight is 473 g/mol. The van der Waals surface area contributed by atoms with Crippen molar-refractivity contribution in [2.45, 2.75) is 113 Å². The van der Waals surface area contributed by atoms with E-state index >= 15 is 0 Å². The molecule has 184 valence electrons. The topological polar surface area (TPSA) is 89.5 Å². The number of hydrogen-bond acceptors (Lipinski definition) is 8. The maximum Gasteiger partial charge on any atom is 0.343 e. The van der Waals surface area contributed by atoms with Crippen molar-refractivity contribution in [1.29, 1.82) is 0 Å². The third-order valence-electron chi connectivity index (χ3n) is 7.82. The Bertz CT molecular complexity index is 931. The van der Waals surface area contributed by atoms with Gasteiger partial charge < -0.3 is 28.4 Å². The maximum atomic E-state index is 13.3. The quantitative estimate of drug-likeness (QED) is 0.370. The molecule has 1 aromatic carbocycles. The number of carbonyl (C=O) groups excluding carboxylic acids is 2. The molecule has 8 heteroatoms. The molecule has 0 N–H and O–H groups in total. The summed E-state index contributed by atoms with van der Waals surface area (Å²) in [5.74, 6) is -1.65. The van der Waals surface area contributed by atoms with Crippen molar-refractivity contribution in [2.24, 2.45) is 0 Å². The Morgan fingerprint density at radius 2 is 1.32 bits per heavy atom. The van der Waals surface area contributed by atoms with E-state index in [1.807, 2.05) is 0 Å². The van der Waals surface area contributed by atoms with E-state index in [1.165, 1.54) is 6.92 Å². The number of benzene rings is 1. The minimum atomic E-state index is -0.998. The van der Waals surface area contributed by atoms with E-state index in [2.05, 4.69) is 0 Å². The van der Waals surface area contributed by atoms with E-state index < -0.39 is 48.2 Å². The van der Waals surface area contributed by atoms with E-state index in [1.54, 1.807) is 24.3 Å². The predicted octanol–water partition coefficient (Wildman–Crippen LogP) is 4.04. The largest absolute Gasteiger partial charge is 0.425 e. The van der Waals surface area contributed by atoms with Gasteiger partial charge in [0, 0.05) is 31.2 Å². The van der Waals surface area contributed by atoms with E-state index in [0.717, 1.165) is 64.2 Å². The molecule has 6 rings (SSSR count). The first-order valence-electron chi connectivity index (χ1n) is 12.7. The Morgan fingerprint density at radius 1 is 0.765 bits per heavy atom. The summed E-state index contributed by atoms with van der Waals surface area (Å²) in [6.07, 6.45) is 6.39. The van der Waals surface area contributed by atoms with Crippen LogP contribution in [-0.2, 0) is 28.5 Å². The maximum absolute atomic E-state index is 13.3. The average Bonchev–Trinajstić information content (AvgIpc) is 3.37. The Balaban J connectivity index is 1.25. The fourth-order valence-electron chi connectivity index (χ4n) is 6.08. The molecule has 1 aromatic rings. The van der Waals surface area contributed by atoms with Gasteiger partial charge in [0.05, 0.1) is 0 Å². The summed E-state index contributed by atoms with van der Waals surface area (Å²) in [7, 11) is 0. The first-order valence-corrected chi connectivity index (χ1v) is 12.7. The third kappa shape index (κ3) is 3.99. The lowest BCUT2D eigenvalue weighted by Gasteiger charge is -2.35. The van der Waals surface area contributed by atoms with Gasteiger partial charge in [0.2, 0.25) is 0 Å². The molecule has 2 spiro atoms. The van der Waals surface area contributed by atoms with Crippen molar-refractivity contribution in [3.63, 3.8) is 0 Å². The van der Waals surface area contributed by atoms with Gasteiger partial charge in [0.25, 0.3) is 0 Å². The lowest BCUT2D eigenvalue weighted by atomic mass is 9.94. The van der Waals surface area contributed by atoms with Crippen LogP contribution in [0.2, 0.25) is 0 Å². The van der Waals surface area contributed by atoms with Crippen LogP contribution in [0.4, 0.5) is 0 Å². The summed E-state index contributed by atoms with van der Waals surface area (Å²) in [4.78, 5) is 24.9. The molecule has 34 heavy (non-hydrogen) atoms. The lowest BCUT2D eigenvalue weighted by molar-refractivity contribution is -0.250. The van der Waals surface area contributed by atoms with Crippen LogP contribution in [0.15, 0.2) is 24.3 Å².